The number of carbonyl (C=O) groups excluding carboxylic acids is 1. The number of amides is 1. The Morgan fingerprint density at radius 3 is 3.10 bits per heavy atom. The maximum Gasteiger partial charge on any atom is 0.231 e. The number of hydrogen-bond donors (Lipinski definition) is 1. The van der Waals surface area contributed by atoms with E-state index in [-0.39, 0.29) is 11.8 Å². The van der Waals surface area contributed by atoms with E-state index in [1.165, 1.54) is 24.2 Å². The molecule has 1 aliphatic carbocycles. The van der Waals surface area contributed by atoms with Crippen LogP contribution in [0.15, 0.2) is 12.3 Å². The van der Waals surface area contributed by atoms with Crippen molar-refractivity contribution in [1.29, 1.82) is 5.26 Å². The van der Waals surface area contributed by atoms with Crippen LogP contribution in [0.25, 0.3) is 6.08 Å². The normalized spacial score (nSPS) is 22.1. The van der Waals surface area contributed by atoms with Gasteiger partial charge in [-0.1, -0.05) is 17.4 Å². The van der Waals surface area contributed by atoms with Gasteiger partial charge in [-0.15, -0.1) is 0 Å². The van der Waals surface area contributed by atoms with Gasteiger partial charge in [0.25, 0.3) is 0 Å². The fraction of sp³-hybridized carbons (Fsp3) is 0.500. The molecular weight excluding hydrogens is 272 g/mol. The van der Waals surface area contributed by atoms with Crippen LogP contribution in [-0.2, 0) is 4.79 Å². The molecule has 6 heteroatoms. The van der Waals surface area contributed by atoms with Gasteiger partial charge in [0.05, 0.1) is 5.92 Å². The Bertz CT molecular complexity index is 570. The molecule has 1 N–H and O–H groups in total. The van der Waals surface area contributed by atoms with Crippen molar-refractivity contribution in [1.82, 2.24) is 9.88 Å². The van der Waals surface area contributed by atoms with Gasteiger partial charge in [-0.3, -0.25) is 4.79 Å². The van der Waals surface area contributed by atoms with Gasteiger partial charge in [0, 0.05) is 24.2 Å². The van der Waals surface area contributed by atoms with Crippen LogP contribution in [0.3, 0.4) is 0 Å². The average molecular weight is 288 g/mol. The van der Waals surface area contributed by atoms with E-state index in [2.05, 4.69) is 28.6 Å². The molecule has 5 nitrogen and oxygen atoms in total. The van der Waals surface area contributed by atoms with Gasteiger partial charge in [-0.2, -0.15) is 5.26 Å². The summed E-state index contributed by atoms with van der Waals surface area (Å²) in [6.45, 7) is 1.18. The molecule has 0 radical (unpaired) electrons. The molecule has 0 spiro atoms. The summed E-state index contributed by atoms with van der Waals surface area (Å²) < 4.78 is 0. The van der Waals surface area contributed by atoms with Crippen LogP contribution in [-0.4, -0.2) is 28.9 Å². The summed E-state index contributed by atoms with van der Waals surface area (Å²) >= 11 is 1.49. The predicted molar refractivity (Wildman–Crippen MR) is 77.8 cm³/mol. The zero-order chi connectivity index (χ0) is 13.9. The van der Waals surface area contributed by atoms with E-state index in [0.717, 1.165) is 17.2 Å². The highest BCUT2D eigenvalue weighted by Crippen LogP contribution is 2.31. The summed E-state index contributed by atoms with van der Waals surface area (Å²) in [6.07, 6.45) is 11.5. The highest BCUT2D eigenvalue weighted by atomic mass is 32.1. The van der Waals surface area contributed by atoms with Crippen molar-refractivity contribution in [2.45, 2.75) is 19.3 Å². The largest absolute Gasteiger partial charge is 0.310 e. The van der Waals surface area contributed by atoms with Gasteiger partial charge in [0.15, 0.2) is 11.3 Å². The van der Waals surface area contributed by atoms with Gasteiger partial charge in [-0.05, 0) is 31.3 Å². The molecule has 20 heavy (non-hydrogen) atoms. The van der Waals surface area contributed by atoms with E-state index in [1.807, 2.05) is 0 Å². The lowest BCUT2D eigenvalue weighted by Gasteiger charge is -2.08. The number of anilines is 1. The molecule has 1 aliphatic heterocycles. The first kappa shape index (κ1) is 13.1. The third-order valence-corrected chi connectivity index (χ3v) is 4.49. The van der Waals surface area contributed by atoms with Crippen molar-refractivity contribution in [2.24, 2.45) is 11.8 Å². The fourth-order valence-corrected chi connectivity index (χ4v) is 2.95. The van der Waals surface area contributed by atoms with Crippen LogP contribution < -0.4 is 5.32 Å². The molecule has 1 atom stereocenters. The quantitative estimate of drug-likeness (QED) is 0.863. The predicted octanol–water partition coefficient (Wildman–Crippen LogP) is 2.31. The van der Waals surface area contributed by atoms with Crippen LogP contribution in [0.2, 0.25) is 0 Å². The summed E-state index contributed by atoms with van der Waals surface area (Å²) in [5, 5.41) is 12.3. The van der Waals surface area contributed by atoms with Crippen LogP contribution in [0.5, 0.6) is 0 Å². The number of rotatable bonds is 4. The van der Waals surface area contributed by atoms with Crippen molar-refractivity contribution < 1.29 is 4.79 Å². The van der Waals surface area contributed by atoms with E-state index in [0.29, 0.717) is 18.2 Å². The minimum absolute atomic E-state index is 0.0326. The number of allylic oxidation sites excluding steroid dienone is 1. The zero-order valence-electron chi connectivity index (χ0n) is 11.1. The Labute approximate surface area is 121 Å². The topological polar surface area (TPSA) is 69.0 Å². The number of nitriles is 1. The third-order valence-electron chi connectivity index (χ3n) is 3.61. The molecule has 0 bridgehead atoms. The lowest BCUT2D eigenvalue weighted by molar-refractivity contribution is -0.119. The summed E-state index contributed by atoms with van der Waals surface area (Å²) in [7, 11) is 0. The van der Waals surface area contributed by atoms with Crippen LogP contribution in [0.1, 0.15) is 24.1 Å². The Balaban J connectivity index is 1.55. The Morgan fingerprint density at radius 1 is 1.55 bits per heavy atom. The molecule has 104 valence electrons. The molecule has 1 aromatic rings. The second-order valence-corrected chi connectivity index (χ2v) is 6.35. The first-order valence-electron chi connectivity index (χ1n) is 6.84. The Morgan fingerprint density at radius 2 is 2.40 bits per heavy atom. The lowest BCUT2D eigenvalue weighted by Crippen LogP contribution is -2.25. The van der Waals surface area contributed by atoms with Crippen molar-refractivity contribution in [3.8, 4) is 6.19 Å². The summed E-state index contributed by atoms with van der Waals surface area (Å²) in [4.78, 5) is 19.0. The maximum atomic E-state index is 12.1. The highest BCUT2D eigenvalue weighted by Gasteiger charge is 2.28. The number of thiazole rings is 1. The molecule has 1 saturated carbocycles. The van der Waals surface area contributed by atoms with E-state index in [9.17, 15) is 4.79 Å². The minimum Gasteiger partial charge on any atom is -0.310 e. The minimum atomic E-state index is -0.107. The molecule has 1 aromatic heterocycles. The maximum absolute atomic E-state index is 12.1. The molecule has 2 aliphatic rings. The third kappa shape index (κ3) is 3.17. The fourth-order valence-electron chi connectivity index (χ4n) is 2.21. The molecular formula is C14H16N4OS. The van der Waals surface area contributed by atoms with E-state index in [1.54, 1.807) is 11.1 Å². The smallest absolute Gasteiger partial charge is 0.231 e. The summed E-state index contributed by atoms with van der Waals surface area (Å²) in [5.41, 5.74) is 0. The first-order chi connectivity index (χ1) is 9.74. The first-order valence-corrected chi connectivity index (χ1v) is 7.66. The van der Waals surface area contributed by atoms with Crippen molar-refractivity contribution in [3.05, 3.63) is 17.2 Å². The lowest BCUT2D eigenvalue weighted by atomic mass is 10.1. The number of nitrogens with one attached hydrogen (secondary N) is 1. The SMILES string of the molecule is N#CN1CCC(C(=O)Nc2ncc(/C=C/C3CC3)s2)C1. The van der Waals surface area contributed by atoms with Gasteiger partial charge < -0.3 is 10.2 Å². The molecule has 1 amide bonds. The number of hydrogen-bond acceptors (Lipinski definition) is 5. The highest BCUT2D eigenvalue weighted by molar-refractivity contribution is 7.16. The number of aromatic nitrogens is 1. The van der Waals surface area contributed by atoms with E-state index in [4.69, 9.17) is 5.26 Å². The van der Waals surface area contributed by atoms with Gasteiger partial charge in [-0.25, -0.2) is 4.98 Å². The molecule has 2 fully saturated rings. The van der Waals surface area contributed by atoms with E-state index >= 15 is 0 Å². The number of likely N-dealkylation sites (tertiary alicyclic amines) is 1. The Hall–Kier alpha value is -1.87. The molecule has 1 saturated heterocycles. The summed E-state index contributed by atoms with van der Waals surface area (Å²) in [5.74, 6) is 0.601. The van der Waals surface area contributed by atoms with Crippen molar-refractivity contribution >= 4 is 28.5 Å². The van der Waals surface area contributed by atoms with Gasteiger partial charge in [0.1, 0.15) is 0 Å². The average Bonchev–Trinajstić information content (AvgIpc) is 2.98. The summed E-state index contributed by atoms with van der Waals surface area (Å²) in [6, 6.07) is 0. The standard InChI is InChI=1S/C14H16N4OS/c15-9-18-6-5-11(8-18)13(19)17-14-16-7-12(20-14)4-3-10-1-2-10/h3-4,7,10-11H,1-2,5-6,8H2,(H,16,17,19)/b4-3+. The van der Waals surface area contributed by atoms with E-state index < -0.39 is 0 Å². The van der Waals surface area contributed by atoms with Crippen LogP contribution >= 0.6 is 11.3 Å². The van der Waals surface area contributed by atoms with Crippen molar-refractivity contribution in [3.63, 3.8) is 0 Å². The second-order valence-electron chi connectivity index (χ2n) is 5.29. The molecule has 1 unspecified atom stereocenters. The second kappa shape index (κ2) is 5.63. The van der Waals surface area contributed by atoms with Gasteiger partial charge >= 0.3 is 0 Å². The van der Waals surface area contributed by atoms with Gasteiger partial charge in [0.2, 0.25) is 5.91 Å². The van der Waals surface area contributed by atoms with Crippen LogP contribution in [0, 0.1) is 23.3 Å². The monoisotopic (exact) mass is 288 g/mol. The molecule has 2 heterocycles. The zero-order valence-corrected chi connectivity index (χ0v) is 11.9. The Kier molecular flexibility index (Phi) is 3.70. The molecule has 0 aromatic carbocycles. The number of nitrogens with zero attached hydrogens (tertiary/aromatic N) is 3. The van der Waals surface area contributed by atoms with Crippen molar-refractivity contribution in [2.75, 3.05) is 18.4 Å². The number of carbonyl (C=O) groups is 1. The molecule has 3 rings (SSSR count). The van der Waals surface area contributed by atoms with Crippen LogP contribution in [0.4, 0.5) is 5.13 Å².